The van der Waals surface area contributed by atoms with Crippen LogP contribution in [0.2, 0.25) is 0 Å². The van der Waals surface area contributed by atoms with Crippen LogP contribution in [0.4, 0.5) is 0 Å². The van der Waals surface area contributed by atoms with Gasteiger partial charge in [-0.1, -0.05) is 6.07 Å². The minimum Gasteiger partial charge on any atom is -0.492 e. The molecule has 1 aromatic carbocycles. The highest BCUT2D eigenvalue weighted by atomic mass is 16.5. The molecule has 1 aliphatic rings. The van der Waals surface area contributed by atoms with Gasteiger partial charge in [-0.05, 0) is 24.5 Å². The summed E-state index contributed by atoms with van der Waals surface area (Å²) in [6, 6.07) is 3.86. The maximum Gasteiger partial charge on any atom is 0.262 e. The van der Waals surface area contributed by atoms with Crippen LogP contribution in [0.1, 0.15) is 12.0 Å². The molecule has 0 saturated carbocycles. The molecular weight excluding hydrogens is 192 g/mol. The molecule has 1 aliphatic heterocycles. The highest BCUT2D eigenvalue weighted by molar-refractivity contribution is 5.85. The Bertz CT molecular complexity index is 574. The third-order valence-electron chi connectivity index (χ3n) is 2.68. The number of benzene rings is 1. The Labute approximate surface area is 85.9 Å². The summed E-state index contributed by atoms with van der Waals surface area (Å²) >= 11 is 0. The van der Waals surface area contributed by atoms with Crippen LogP contribution in [-0.2, 0) is 6.42 Å². The quantitative estimate of drug-likeness (QED) is 0.699. The van der Waals surface area contributed by atoms with Crippen LogP contribution in [0, 0.1) is 0 Å². The van der Waals surface area contributed by atoms with E-state index in [2.05, 4.69) is 9.97 Å². The second kappa shape index (κ2) is 3.08. The van der Waals surface area contributed by atoms with E-state index in [-0.39, 0.29) is 5.56 Å². The van der Waals surface area contributed by atoms with Gasteiger partial charge < -0.3 is 9.72 Å². The fraction of sp³-hybridized carbons (Fsp3) is 0.273. The summed E-state index contributed by atoms with van der Waals surface area (Å²) in [5.74, 6) is 0.716. The molecule has 3 rings (SSSR count). The zero-order valence-corrected chi connectivity index (χ0v) is 8.12. The molecule has 1 aromatic heterocycles. The second-order valence-electron chi connectivity index (χ2n) is 3.63. The lowest BCUT2D eigenvalue weighted by molar-refractivity contribution is 0.292. The molecule has 1 N–H and O–H groups in total. The number of hydrogen-bond acceptors (Lipinski definition) is 3. The Morgan fingerprint density at radius 2 is 2.33 bits per heavy atom. The molecule has 15 heavy (non-hydrogen) atoms. The number of nitrogens with one attached hydrogen (secondary N) is 1. The average Bonchev–Trinajstić information content (AvgIpc) is 2.29. The minimum atomic E-state index is -0.126. The van der Waals surface area contributed by atoms with E-state index < -0.39 is 0 Å². The van der Waals surface area contributed by atoms with Gasteiger partial charge in [0.25, 0.3) is 5.56 Å². The fourth-order valence-electron chi connectivity index (χ4n) is 1.97. The summed E-state index contributed by atoms with van der Waals surface area (Å²) < 4.78 is 5.56. The van der Waals surface area contributed by atoms with Crippen LogP contribution in [0.3, 0.4) is 0 Å². The van der Waals surface area contributed by atoms with Gasteiger partial charge in [-0.25, -0.2) is 4.98 Å². The summed E-state index contributed by atoms with van der Waals surface area (Å²) in [5.41, 5.74) is 1.67. The lowest BCUT2D eigenvalue weighted by Gasteiger charge is -2.17. The highest BCUT2D eigenvalue weighted by Gasteiger charge is 2.15. The maximum atomic E-state index is 11.7. The fourth-order valence-corrected chi connectivity index (χ4v) is 1.97. The van der Waals surface area contributed by atoms with Crippen molar-refractivity contribution in [3.63, 3.8) is 0 Å². The zero-order chi connectivity index (χ0) is 10.3. The van der Waals surface area contributed by atoms with Crippen molar-refractivity contribution < 1.29 is 4.74 Å². The first-order chi connectivity index (χ1) is 7.36. The van der Waals surface area contributed by atoms with Crippen LogP contribution < -0.4 is 10.3 Å². The van der Waals surface area contributed by atoms with Gasteiger partial charge in [-0.3, -0.25) is 4.79 Å². The lowest BCUT2D eigenvalue weighted by atomic mass is 10.0. The van der Waals surface area contributed by atoms with Gasteiger partial charge in [0.2, 0.25) is 0 Å². The number of aryl methyl sites for hydroxylation is 1. The summed E-state index contributed by atoms with van der Waals surface area (Å²) in [7, 11) is 0. The van der Waals surface area contributed by atoms with Crippen molar-refractivity contribution in [2.24, 2.45) is 0 Å². The number of hydrogen-bond donors (Lipinski definition) is 1. The predicted molar refractivity (Wildman–Crippen MR) is 56.2 cm³/mol. The topological polar surface area (TPSA) is 55.0 Å². The van der Waals surface area contributed by atoms with Gasteiger partial charge in [0.1, 0.15) is 11.1 Å². The van der Waals surface area contributed by atoms with E-state index in [0.29, 0.717) is 23.3 Å². The van der Waals surface area contributed by atoms with Crippen molar-refractivity contribution in [3.8, 4) is 5.75 Å². The van der Waals surface area contributed by atoms with Crippen molar-refractivity contribution in [2.75, 3.05) is 6.61 Å². The lowest BCUT2D eigenvalue weighted by Crippen LogP contribution is -2.14. The van der Waals surface area contributed by atoms with Crippen LogP contribution >= 0.6 is 0 Å². The van der Waals surface area contributed by atoms with Crippen molar-refractivity contribution in [1.82, 2.24) is 9.97 Å². The third-order valence-corrected chi connectivity index (χ3v) is 2.68. The van der Waals surface area contributed by atoms with E-state index in [1.807, 2.05) is 12.1 Å². The van der Waals surface area contributed by atoms with Crippen LogP contribution in [0.5, 0.6) is 5.75 Å². The Kier molecular flexibility index (Phi) is 1.74. The number of fused-ring (bicyclic) bond motifs is 3. The number of ether oxygens (including phenoxy) is 1. The third kappa shape index (κ3) is 1.21. The molecule has 0 aliphatic carbocycles. The van der Waals surface area contributed by atoms with Crippen molar-refractivity contribution >= 4 is 10.9 Å². The van der Waals surface area contributed by atoms with E-state index >= 15 is 0 Å². The number of aromatic amines is 1. The van der Waals surface area contributed by atoms with E-state index in [1.165, 1.54) is 6.33 Å². The van der Waals surface area contributed by atoms with Gasteiger partial charge in [-0.2, -0.15) is 0 Å². The molecule has 4 heteroatoms. The maximum absolute atomic E-state index is 11.7. The molecule has 0 amide bonds. The number of H-pyrrole nitrogens is 1. The van der Waals surface area contributed by atoms with Crippen LogP contribution in [0.15, 0.2) is 23.3 Å². The van der Waals surface area contributed by atoms with Crippen LogP contribution in [-0.4, -0.2) is 16.6 Å². The van der Waals surface area contributed by atoms with E-state index in [4.69, 9.17) is 4.74 Å². The largest absolute Gasteiger partial charge is 0.492 e. The van der Waals surface area contributed by atoms with E-state index in [9.17, 15) is 4.79 Å². The van der Waals surface area contributed by atoms with Crippen molar-refractivity contribution in [3.05, 3.63) is 34.4 Å². The molecular formula is C11H10N2O2. The van der Waals surface area contributed by atoms with Crippen molar-refractivity contribution in [1.29, 1.82) is 0 Å². The molecule has 0 bridgehead atoms. The molecule has 2 aromatic rings. The first-order valence-corrected chi connectivity index (χ1v) is 4.98. The summed E-state index contributed by atoms with van der Waals surface area (Å²) in [6.45, 7) is 0.681. The van der Waals surface area contributed by atoms with Gasteiger partial charge in [-0.15, -0.1) is 0 Å². The summed E-state index contributed by atoms with van der Waals surface area (Å²) in [4.78, 5) is 18.4. The van der Waals surface area contributed by atoms with E-state index in [0.717, 1.165) is 18.4 Å². The average molecular weight is 202 g/mol. The highest BCUT2D eigenvalue weighted by Crippen LogP contribution is 2.29. The van der Waals surface area contributed by atoms with E-state index in [1.54, 1.807) is 0 Å². The SMILES string of the molecule is O=c1[nH]cnc2ccc3c(c12)OCCC3. The Morgan fingerprint density at radius 1 is 1.40 bits per heavy atom. The van der Waals surface area contributed by atoms with Gasteiger partial charge >= 0.3 is 0 Å². The van der Waals surface area contributed by atoms with Crippen molar-refractivity contribution in [2.45, 2.75) is 12.8 Å². The molecule has 4 nitrogen and oxygen atoms in total. The van der Waals surface area contributed by atoms with Crippen LogP contribution in [0.25, 0.3) is 10.9 Å². The predicted octanol–water partition coefficient (Wildman–Crippen LogP) is 1.25. The normalized spacial score (nSPS) is 14.7. The Hall–Kier alpha value is -1.84. The monoisotopic (exact) mass is 202 g/mol. The smallest absolute Gasteiger partial charge is 0.262 e. The first kappa shape index (κ1) is 8.47. The summed E-state index contributed by atoms with van der Waals surface area (Å²) in [5, 5.41) is 0.578. The first-order valence-electron chi connectivity index (χ1n) is 4.98. The zero-order valence-electron chi connectivity index (χ0n) is 8.12. The molecule has 76 valence electrons. The molecule has 0 radical (unpaired) electrons. The standard InChI is InChI=1S/C11H10N2O2/c14-11-9-8(12-6-13-11)4-3-7-2-1-5-15-10(7)9/h3-4,6H,1-2,5H2,(H,12,13,14). The second-order valence-corrected chi connectivity index (χ2v) is 3.63. The number of rotatable bonds is 0. The number of nitrogens with zero attached hydrogens (tertiary/aromatic N) is 1. The molecule has 2 heterocycles. The molecule has 0 fully saturated rings. The Balaban J connectivity index is 2.44. The molecule has 0 atom stereocenters. The molecule has 0 unspecified atom stereocenters. The minimum absolute atomic E-state index is 0.126. The van der Waals surface area contributed by atoms with Gasteiger partial charge in [0, 0.05) is 0 Å². The number of aromatic nitrogens is 2. The Morgan fingerprint density at radius 3 is 3.27 bits per heavy atom. The van der Waals surface area contributed by atoms with Gasteiger partial charge in [0.05, 0.1) is 18.5 Å². The molecule has 0 spiro atoms. The summed E-state index contributed by atoms with van der Waals surface area (Å²) in [6.07, 6.45) is 3.40. The molecule has 0 saturated heterocycles. The van der Waals surface area contributed by atoms with Gasteiger partial charge in [0.15, 0.2) is 0 Å².